The van der Waals surface area contributed by atoms with E-state index in [-0.39, 0.29) is 5.91 Å². The van der Waals surface area contributed by atoms with E-state index in [0.29, 0.717) is 21.6 Å². The minimum Gasteiger partial charge on any atom is -0.299 e. The Labute approximate surface area is 157 Å². The number of carbonyl (C=O) groups is 1. The zero-order valence-corrected chi connectivity index (χ0v) is 14.9. The van der Waals surface area contributed by atoms with Crippen LogP contribution in [0.3, 0.4) is 0 Å². The van der Waals surface area contributed by atoms with Crippen molar-refractivity contribution in [2.45, 2.75) is 0 Å². The molecule has 1 amide bonds. The number of pyridine rings is 1. The van der Waals surface area contributed by atoms with E-state index >= 15 is 0 Å². The predicted octanol–water partition coefficient (Wildman–Crippen LogP) is 4.16. The highest BCUT2D eigenvalue weighted by atomic mass is 35.5. The lowest BCUT2D eigenvalue weighted by Gasteiger charge is -1.97. The highest BCUT2D eigenvalue weighted by molar-refractivity contribution is 7.18. The van der Waals surface area contributed by atoms with Crippen LogP contribution in [0, 0.1) is 0 Å². The Balaban J connectivity index is 1.50. The number of carbonyl (C=O) groups excluding carboxylic acids is 1. The van der Waals surface area contributed by atoms with Gasteiger partial charge in [0.15, 0.2) is 5.15 Å². The van der Waals surface area contributed by atoms with Crippen molar-refractivity contribution in [1.29, 1.82) is 0 Å². The Hall–Kier alpha value is -3.03. The molecule has 0 saturated heterocycles. The summed E-state index contributed by atoms with van der Waals surface area (Å²) in [6.45, 7) is 0. The number of amides is 1. The van der Waals surface area contributed by atoms with Gasteiger partial charge in [-0.3, -0.25) is 14.5 Å². The summed E-state index contributed by atoms with van der Waals surface area (Å²) in [5.41, 5.74) is 2.31. The number of nitrogens with one attached hydrogen (secondary N) is 1. The zero-order chi connectivity index (χ0) is 17.9. The first-order chi connectivity index (χ1) is 12.7. The third-order valence-electron chi connectivity index (χ3n) is 3.59. The molecule has 0 atom stereocenters. The summed E-state index contributed by atoms with van der Waals surface area (Å²) < 4.78 is 1.81. The van der Waals surface area contributed by atoms with Gasteiger partial charge in [0.25, 0.3) is 0 Å². The smallest absolute Gasteiger partial charge is 0.250 e. The van der Waals surface area contributed by atoms with Gasteiger partial charge in [0.1, 0.15) is 10.7 Å². The van der Waals surface area contributed by atoms with Crippen molar-refractivity contribution in [3.8, 4) is 10.6 Å². The molecule has 26 heavy (non-hydrogen) atoms. The number of halogens is 1. The van der Waals surface area contributed by atoms with E-state index in [2.05, 4.69) is 20.5 Å². The van der Waals surface area contributed by atoms with Crippen LogP contribution in [-0.4, -0.2) is 25.5 Å². The Morgan fingerprint density at radius 2 is 1.92 bits per heavy atom. The molecule has 0 fully saturated rings. The average molecular weight is 382 g/mol. The van der Waals surface area contributed by atoms with Gasteiger partial charge in [-0.15, -0.1) is 10.2 Å². The van der Waals surface area contributed by atoms with Gasteiger partial charge in [-0.1, -0.05) is 59.3 Å². The van der Waals surface area contributed by atoms with Gasteiger partial charge in [-0.2, -0.15) is 0 Å². The van der Waals surface area contributed by atoms with E-state index in [1.54, 1.807) is 6.08 Å². The van der Waals surface area contributed by atoms with Crippen LogP contribution in [0.1, 0.15) is 5.69 Å². The van der Waals surface area contributed by atoms with Crippen molar-refractivity contribution in [1.82, 2.24) is 19.6 Å². The van der Waals surface area contributed by atoms with Crippen LogP contribution >= 0.6 is 22.9 Å². The normalized spacial score (nSPS) is 11.3. The minimum atomic E-state index is -0.317. The van der Waals surface area contributed by atoms with Crippen molar-refractivity contribution >= 4 is 45.7 Å². The first-order valence-corrected chi connectivity index (χ1v) is 8.91. The first-order valence-electron chi connectivity index (χ1n) is 7.71. The molecule has 4 aromatic rings. The molecule has 0 aliphatic heterocycles. The Kier molecular flexibility index (Phi) is 4.47. The van der Waals surface area contributed by atoms with E-state index in [9.17, 15) is 4.79 Å². The highest BCUT2D eigenvalue weighted by Gasteiger charge is 2.10. The molecule has 8 heteroatoms. The quantitative estimate of drug-likeness (QED) is 0.539. The molecule has 0 radical (unpaired) electrons. The molecule has 3 aromatic heterocycles. The van der Waals surface area contributed by atoms with Crippen LogP contribution in [0.4, 0.5) is 5.13 Å². The monoisotopic (exact) mass is 381 g/mol. The molecule has 0 unspecified atom stereocenters. The molecule has 0 bridgehead atoms. The van der Waals surface area contributed by atoms with Crippen LogP contribution in [0.25, 0.3) is 22.3 Å². The summed E-state index contributed by atoms with van der Waals surface area (Å²) in [5.74, 6) is -0.317. The van der Waals surface area contributed by atoms with E-state index in [1.807, 2.05) is 59.1 Å². The molecule has 0 aliphatic carbocycles. The maximum Gasteiger partial charge on any atom is 0.250 e. The van der Waals surface area contributed by atoms with Gasteiger partial charge in [-0.05, 0) is 18.2 Å². The third-order valence-corrected chi connectivity index (χ3v) is 4.76. The van der Waals surface area contributed by atoms with Crippen molar-refractivity contribution in [3.63, 3.8) is 0 Å². The third kappa shape index (κ3) is 3.35. The lowest BCUT2D eigenvalue weighted by molar-refractivity contribution is -0.111. The fourth-order valence-electron chi connectivity index (χ4n) is 2.41. The van der Waals surface area contributed by atoms with Gasteiger partial charge in [0, 0.05) is 17.8 Å². The molecule has 128 valence electrons. The number of fused-ring (bicyclic) bond motifs is 1. The number of aromatic nitrogens is 4. The molecule has 1 aromatic carbocycles. The standard InChI is InChI=1S/C18H12ClN5OS/c19-16-13(24-11-5-4-8-14(24)20-16)9-10-15(25)21-18-23-22-17(26-18)12-6-2-1-3-7-12/h1-11H,(H,21,23,25)/b10-9+. The number of imidazole rings is 1. The average Bonchev–Trinajstić information content (AvgIpc) is 3.24. The van der Waals surface area contributed by atoms with Crippen molar-refractivity contribution in [2.24, 2.45) is 0 Å². The van der Waals surface area contributed by atoms with Crippen LogP contribution in [0.2, 0.25) is 5.15 Å². The zero-order valence-electron chi connectivity index (χ0n) is 13.3. The maximum absolute atomic E-state index is 12.2. The number of rotatable bonds is 4. The molecule has 0 aliphatic rings. The second kappa shape index (κ2) is 7.07. The Bertz CT molecular complexity index is 1100. The van der Waals surface area contributed by atoms with Crippen LogP contribution in [0.5, 0.6) is 0 Å². The van der Waals surface area contributed by atoms with Gasteiger partial charge in [-0.25, -0.2) is 4.98 Å². The van der Waals surface area contributed by atoms with Crippen LogP contribution in [0.15, 0.2) is 60.8 Å². The summed E-state index contributed by atoms with van der Waals surface area (Å²) in [4.78, 5) is 16.4. The van der Waals surface area contributed by atoms with Crippen molar-refractivity contribution < 1.29 is 4.79 Å². The first kappa shape index (κ1) is 16.4. The molecule has 0 spiro atoms. The molecule has 1 N–H and O–H groups in total. The Morgan fingerprint density at radius 3 is 2.77 bits per heavy atom. The fourth-order valence-corrected chi connectivity index (χ4v) is 3.40. The molecule has 3 heterocycles. The number of nitrogens with zero attached hydrogens (tertiary/aromatic N) is 4. The second-order valence-electron chi connectivity index (χ2n) is 5.32. The summed E-state index contributed by atoms with van der Waals surface area (Å²) in [6, 6.07) is 15.3. The van der Waals surface area contributed by atoms with Gasteiger partial charge in [0.2, 0.25) is 11.0 Å². The van der Waals surface area contributed by atoms with Crippen LogP contribution in [-0.2, 0) is 4.79 Å². The second-order valence-corrected chi connectivity index (χ2v) is 6.65. The highest BCUT2D eigenvalue weighted by Crippen LogP contribution is 2.26. The minimum absolute atomic E-state index is 0.317. The largest absolute Gasteiger partial charge is 0.299 e. The van der Waals surface area contributed by atoms with Crippen molar-refractivity contribution in [2.75, 3.05) is 5.32 Å². The lowest BCUT2D eigenvalue weighted by atomic mass is 10.2. The number of benzene rings is 1. The molecule has 6 nitrogen and oxygen atoms in total. The molecular weight excluding hydrogens is 370 g/mol. The van der Waals surface area contributed by atoms with Crippen LogP contribution < -0.4 is 5.32 Å². The maximum atomic E-state index is 12.2. The van der Waals surface area contributed by atoms with Gasteiger partial charge in [0.05, 0.1) is 5.69 Å². The molecular formula is C18H12ClN5OS. The Morgan fingerprint density at radius 1 is 1.12 bits per heavy atom. The number of hydrogen-bond acceptors (Lipinski definition) is 5. The van der Waals surface area contributed by atoms with E-state index < -0.39 is 0 Å². The summed E-state index contributed by atoms with van der Waals surface area (Å²) in [5, 5.41) is 12.3. The topological polar surface area (TPSA) is 72.2 Å². The van der Waals surface area contributed by atoms with E-state index in [0.717, 1.165) is 10.6 Å². The number of anilines is 1. The van der Waals surface area contributed by atoms with Gasteiger partial charge >= 0.3 is 0 Å². The lowest BCUT2D eigenvalue weighted by Crippen LogP contribution is -2.07. The summed E-state index contributed by atoms with van der Waals surface area (Å²) >= 11 is 7.46. The molecule has 0 saturated carbocycles. The fraction of sp³-hybridized carbons (Fsp3) is 0. The number of hydrogen-bond donors (Lipinski definition) is 1. The molecule has 4 rings (SSSR count). The van der Waals surface area contributed by atoms with Crippen molar-refractivity contribution in [3.05, 3.63) is 71.7 Å². The predicted molar refractivity (Wildman–Crippen MR) is 103 cm³/mol. The summed E-state index contributed by atoms with van der Waals surface area (Å²) in [6.07, 6.45) is 4.85. The van der Waals surface area contributed by atoms with E-state index in [4.69, 9.17) is 11.6 Å². The van der Waals surface area contributed by atoms with Gasteiger partial charge < -0.3 is 0 Å². The SMILES string of the molecule is O=C(/C=C/c1c(Cl)nc2ccccn12)Nc1nnc(-c2ccccc2)s1. The summed E-state index contributed by atoms with van der Waals surface area (Å²) in [7, 11) is 0. The van der Waals surface area contributed by atoms with E-state index in [1.165, 1.54) is 17.4 Å².